The van der Waals surface area contributed by atoms with Crippen molar-refractivity contribution in [3.05, 3.63) is 113 Å². The second-order valence-electron chi connectivity index (χ2n) is 12.6. The SMILES string of the molecule is CC1C=C(C(C)(C)C)C=CC1N(Cc1ccc(C(=O)NC[C@@H](O)C(=O)O)cc1)C(=O)Nc1cc(-c2ccccc2)cc(C(F)(F)F)c1. The average Bonchev–Trinajstić information content (AvgIpc) is 3.02. The van der Waals surface area contributed by atoms with Crippen molar-refractivity contribution in [3.63, 3.8) is 0 Å². The van der Waals surface area contributed by atoms with Crippen molar-refractivity contribution in [1.82, 2.24) is 10.2 Å². The summed E-state index contributed by atoms with van der Waals surface area (Å²) in [7, 11) is 0. The van der Waals surface area contributed by atoms with E-state index in [0.717, 1.165) is 17.7 Å². The van der Waals surface area contributed by atoms with Crippen molar-refractivity contribution in [2.75, 3.05) is 11.9 Å². The highest BCUT2D eigenvalue weighted by molar-refractivity contribution is 5.94. The third kappa shape index (κ3) is 9.10. The molecule has 11 heteroatoms. The molecule has 47 heavy (non-hydrogen) atoms. The zero-order chi connectivity index (χ0) is 34.5. The van der Waals surface area contributed by atoms with Crippen LogP contribution in [0.1, 0.15) is 49.2 Å². The zero-order valence-electron chi connectivity index (χ0n) is 26.5. The lowest BCUT2D eigenvalue weighted by molar-refractivity contribution is -0.146. The zero-order valence-corrected chi connectivity index (χ0v) is 26.5. The summed E-state index contributed by atoms with van der Waals surface area (Å²) in [4.78, 5) is 38.8. The minimum absolute atomic E-state index is 0.0115. The number of rotatable bonds is 9. The first-order valence-corrected chi connectivity index (χ1v) is 15.1. The highest BCUT2D eigenvalue weighted by atomic mass is 19.4. The van der Waals surface area contributed by atoms with E-state index >= 15 is 0 Å². The first-order chi connectivity index (χ1) is 22.0. The Labute approximate surface area is 271 Å². The summed E-state index contributed by atoms with van der Waals surface area (Å²) in [5.41, 5.74) is 1.77. The van der Waals surface area contributed by atoms with Gasteiger partial charge in [-0.05, 0) is 63.9 Å². The maximum atomic E-state index is 14.0. The molecule has 2 unspecified atom stereocenters. The van der Waals surface area contributed by atoms with Gasteiger partial charge in [0.05, 0.1) is 18.2 Å². The van der Waals surface area contributed by atoms with Gasteiger partial charge < -0.3 is 25.7 Å². The lowest BCUT2D eigenvalue weighted by Gasteiger charge is -2.37. The summed E-state index contributed by atoms with van der Waals surface area (Å²) in [6.07, 6.45) is -0.423. The van der Waals surface area contributed by atoms with Crippen molar-refractivity contribution < 1.29 is 37.8 Å². The molecule has 1 aliphatic rings. The summed E-state index contributed by atoms with van der Waals surface area (Å²) < 4.78 is 41.8. The number of allylic oxidation sites excluding steroid dienone is 2. The monoisotopic (exact) mass is 649 g/mol. The molecular weight excluding hydrogens is 611 g/mol. The summed E-state index contributed by atoms with van der Waals surface area (Å²) in [5.74, 6) is -2.18. The van der Waals surface area contributed by atoms with Gasteiger partial charge in [-0.3, -0.25) is 4.79 Å². The van der Waals surface area contributed by atoms with Crippen molar-refractivity contribution in [3.8, 4) is 11.1 Å². The standard InChI is InChI=1S/C36H38F3N3O5/c1-22-16-27(35(2,3)4)14-15-30(22)42(21-23-10-12-25(13-11-23)32(44)40-20-31(43)33(45)46)34(47)41-29-18-26(24-8-6-5-7-9-24)17-28(19-29)36(37,38)39/h5-19,22,30-31,43H,20-21H2,1-4H3,(H,40,44)(H,41,47)(H,45,46)/t22?,30?,31-/m1/s1. The molecule has 0 fully saturated rings. The van der Waals surface area contributed by atoms with Crippen LogP contribution in [0.4, 0.5) is 23.7 Å². The molecule has 3 amide bonds. The molecule has 0 aliphatic heterocycles. The van der Waals surface area contributed by atoms with Gasteiger partial charge in [0.15, 0.2) is 6.10 Å². The van der Waals surface area contributed by atoms with Gasteiger partial charge in [-0.2, -0.15) is 13.2 Å². The number of halogens is 3. The third-order valence-electron chi connectivity index (χ3n) is 7.87. The largest absolute Gasteiger partial charge is 0.479 e. The molecule has 3 aromatic carbocycles. The molecule has 3 atom stereocenters. The number of aliphatic hydroxyl groups is 1. The van der Waals surface area contributed by atoms with Crippen LogP contribution >= 0.6 is 0 Å². The fraction of sp³-hybridized carbons (Fsp3) is 0.306. The number of alkyl halides is 3. The number of benzene rings is 3. The number of nitrogens with zero attached hydrogens (tertiary/aromatic N) is 1. The van der Waals surface area contributed by atoms with Crippen LogP contribution in [-0.4, -0.2) is 51.7 Å². The lowest BCUT2D eigenvalue weighted by atomic mass is 9.79. The average molecular weight is 650 g/mol. The van der Waals surface area contributed by atoms with Crippen LogP contribution in [0.3, 0.4) is 0 Å². The van der Waals surface area contributed by atoms with E-state index in [1.807, 2.05) is 19.1 Å². The number of hydrogen-bond acceptors (Lipinski definition) is 4. The van der Waals surface area contributed by atoms with E-state index in [1.54, 1.807) is 42.5 Å². The maximum absolute atomic E-state index is 14.0. The number of aliphatic carboxylic acids is 1. The maximum Gasteiger partial charge on any atom is 0.416 e. The predicted molar refractivity (Wildman–Crippen MR) is 173 cm³/mol. The summed E-state index contributed by atoms with van der Waals surface area (Å²) >= 11 is 0. The molecule has 3 aromatic rings. The molecule has 4 rings (SSSR count). The Morgan fingerprint density at radius 3 is 2.17 bits per heavy atom. The smallest absolute Gasteiger partial charge is 0.416 e. The third-order valence-corrected chi connectivity index (χ3v) is 7.87. The number of carboxylic acid groups (broad SMARTS) is 1. The van der Waals surface area contributed by atoms with Crippen LogP contribution in [0.15, 0.2) is 96.6 Å². The van der Waals surface area contributed by atoms with E-state index in [1.165, 1.54) is 23.1 Å². The van der Waals surface area contributed by atoms with E-state index in [0.29, 0.717) is 16.7 Å². The van der Waals surface area contributed by atoms with Crippen LogP contribution in [0.5, 0.6) is 0 Å². The van der Waals surface area contributed by atoms with E-state index in [4.69, 9.17) is 5.11 Å². The molecule has 0 heterocycles. The van der Waals surface area contributed by atoms with Crippen LogP contribution < -0.4 is 10.6 Å². The predicted octanol–water partition coefficient (Wildman–Crippen LogP) is 7.13. The lowest BCUT2D eigenvalue weighted by Crippen LogP contribution is -2.45. The number of nitrogens with one attached hydrogen (secondary N) is 2. The first kappa shape index (κ1) is 35.0. The van der Waals surface area contributed by atoms with E-state index in [-0.39, 0.29) is 29.1 Å². The molecule has 4 N–H and O–H groups in total. The Morgan fingerprint density at radius 2 is 1.60 bits per heavy atom. The van der Waals surface area contributed by atoms with Gasteiger partial charge in [-0.25, -0.2) is 9.59 Å². The van der Waals surface area contributed by atoms with E-state index < -0.39 is 48.3 Å². The van der Waals surface area contributed by atoms with E-state index in [2.05, 4.69) is 37.5 Å². The number of amides is 3. The highest BCUT2D eigenvalue weighted by Crippen LogP contribution is 2.36. The number of aliphatic hydroxyl groups excluding tert-OH is 1. The van der Waals surface area contributed by atoms with Crippen LogP contribution in [-0.2, 0) is 17.5 Å². The van der Waals surface area contributed by atoms with Crippen LogP contribution in [0.2, 0.25) is 0 Å². The highest BCUT2D eigenvalue weighted by Gasteiger charge is 2.33. The number of carbonyl (C=O) groups is 3. The fourth-order valence-corrected chi connectivity index (χ4v) is 5.21. The second-order valence-corrected chi connectivity index (χ2v) is 12.6. The topological polar surface area (TPSA) is 119 Å². The van der Waals surface area contributed by atoms with Gasteiger partial charge in [0, 0.05) is 17.8 Å². The van der Waals surface area contributed by atoms with Gasteiger partial charge in [-0.15, -0.1) is 0 Å². The summed E-state index contributed by atoms with van der Waals surface area (Å²) in [6, 6.07) is 17.3. The Bertz CT molecular complexity index is 1660. The Hall–Kier alpha value is -4.90. The van der Waals surface area contributed by atoms with Gasteiger partial charge in [0.2, 0.25) is 0 Å². The molecule has 0 bridgehead atoms. The number of carbonyl (C=O) groups excluding carboxylic acids is 2. The number of hydrogen-bond donors (Lipinski definition) is 4. The molecule has 0 radical (unpaired) electrons. The van der Waals surface area contributed by atoms with Gasteiger partial charge >= 0.3 is 18.2 Å². The molecule has 0 spiro atoms. The van der Waals surface area contributed by atoms with Crippen molar-refractivity contribution in [2.45, 2.75) is 52.6 Å². The molecule has 8 nitrogen and oxygen atoms in total. The molecule has 0 saturated carbocycles. The van der Waals surface area contributed by atoms with Gasteiger partial charge in [0.25, 0.3) is 5.91 Å². The quantitative estimate of drug-likeness (QED) is 0.197. The Kier molecular flexibility index (Phi) is 10.6. The van der Waals surface area contributed by atoms with Crippen molar-refractivity contribution >= 4 is 23.6 Å². The Morgan fingerprint density at radius 1 is 0.936 bits per heavy atom. The minimum atomic E-state index is -4.64. The normalized spacial score (nSPS) is 17.0. The molecule has 0 saturated heterocycles. The number of anilines is 1. The fourth-order valence-electron chi connectivity index (χ4n) is 5.21. The number of carboxylic acids is 1. The molecule has 0 aromatic heterocycles. The first-order valence-electron chi connectivity index (χ1n) is 15.1. The molecule has 1 aliphatic carbocycles. The minimum Gasteiger partial charge on any atom is -0.479 e. The summed E-state index contributed by atoms with van der Waals surface area (Å²) in [5, 5.41) is 23.3. The second kappa shape index (κ2) is 14.3. The van der Waals surface area contributed by atoms with Crippen LogP contribution in [0, 0.1) is 11.3 Å². The molecular formula is C36H38F3N3O5. The molecule has 248 valence electrons. The van der Waals surface area contributed by atoms with Gasteiger partial charge in [0.1, 0.15) is 0 Å². The van der Waals surface area contributed by atoms with Crippen molar-refractivity contribution in [1.29, 1.82) is 0 Å². The van der Waals surface area contributed by atoms with Crippen LogP contribution in [0.25, 0.3) is 11.1 Å². The summed E-state index contributed by atoms with van der Waals surface area (Å²) in [6.45, 7) is 7.81. The number of urea groups is 1. The Balaban J connectivity index is 1.64. The van der Waals surface area contributed by atoms with Gasteiger partial charge in [-0.1, -0.05) is 88.4 Å². The van der Waals surface area contributed by atoms with E-state index in [9.17, 15) is 32.7 Å². The van der Waals surface area contributed by atoms with Crippen molar-refractivity contribution in [2.24, 2.45) is 11.3 Å².